The van der Waals surface area contributed by atoms with Crippen LogP contribution in [-0.2, 0) is 4.79 Å². The Morgan fingerprint density at radius 3 is 2.80 bits per heavy atom. The normalized spacial score (nSPS) is 18.0. The second-order valence-electron chi connectivity index (χ2n) is 4.22. The number of allylic oxidation sites excluding steroid dienone is 1. The first-order valence-electron chi connectivity index (χ1n) is 6.03. The number of carbonyl (C=O) groups is 1. The average molecular weight is 286 g/mol. The van der Waals surface area contributed by atoms with Gasteiger partial charge in [0.05, 0.1) is 17.4 Å². The summed E-state index contributed by atoms with van der Waals surface area (Å²) in [6.45, 7) is 1.79. The summed E-state index contributed by atoms with van der Waals surface area (Å²) in [5.74, 6) is -0.191. The number of primary amides is 1. The minimum absolute atomic E-state index is 0.298. The lowest BCUT2D eigenvalue weighted by atomic mass is 9.96. The number of hydrogen-bond acceptors (Lipinski definition) is 5. The second-order valence-corrected chi connectivity index (χ2v) is 5.19. The van der Waals surface area contributed by atoms with Crippen LogP contribution < -0.4 is 11.1 Å². The zero-order valence-corrected chi connectivity index (χ0v) is 11.8. The summed E-state index contributed by atoms with van der Waals surface area (Å²) in [6, 6.07) is 11.1. The quantitative estimate of drug-likeness (QED) is 0.884. The Bertz CT molecular complexity index is 616. The third-order valence-electron chi connectivity index (χ3n) is 2.87. The van der Waals surface area contributed by atoms with Gasteiger partial charge in [-0.2, -0.15) is 5.26 Å². The molecule has 0 radical (unpaired) electrons. The molecule has 1 aliphatic rings. The van der Waals surface area contributed by atoms with Crippen LogP contribution in [0.2, 0.25) is 0 Å². The molecule has 1 aliphatic heterocycles. The van der Waals surface area contributed by atoms with Gasteiger partial charge in [0.1, 0.15) is 6.04 Å². The molecule has 2 rings (SSSR count). The molecule has 0 aliphatic carbocycles. The molecule has 0 saturated heterocycles. The zero-order valence-electron chi connectivity index (χ0n) is 11.0. The van der Waals surface area contributed by atoms with Crippen molar-refractivity contribution in [3.8, 4) is 6.07 Å². The van der Waals surface area contributed by atoms with Gasteiger partial charge in [-0.1, -0.05) is 42.1 Å². The molecule has 20 heavy (non-hydrogen) atoms. The Hall–Kier alpha value is -2.26. The number of hydrogen-bond donors (Lipinski definition) is 2. The van der Waals surface area contributed by atoms with Crippen LogP contribution >= 0.6 is 11.8 Å². The Kier molecular flexibility index (Phi) is 4.43. The monoisotopic (exact) mass is 286 g/mol. The minimum atomic E-state index is -0.489. The summed E-state index contributed by atoms with van der Waals surface area (Å²) in [4.78, 5) is 16.2. The van der Waals surface area contributed by atoms with Crippen molar-refractivity contribution in [1.29, 1.82) is 5.26 Å². The number of nitrogens with one attached hydrogen (secondary N) is 1. The number of amidine groups is 1. The Balaban J connectivity index is 2.40. The Labute approximate surface area is 121 Å². The predicted octanol–water partition coefficient (Wildman–Crippen LogP) is 1.70. The van der Waals surface area contributed by atoms with E-state index in [1.165, 1.54) is 11.8 Å². The van der Waals surface area contributed by atoms with Gasteiger partial charge >= 0.3 is 0 Å². The SMILES string of the molecule is CC1=C(C(N)=O)[C@H](c2ccccc2)N=C(SCC#N)N1. The van der Waals surface area contributed by atoms with E-state index in [2.05, 4.69) is 16.4 Å². The van der Waals surface area contributed by atoms with Crippen molar-refractivity contribution in [2.24, 2.45) is 10.7 Å². The number of nitrogens with two attached hydrogens (primary N) is 1. The highest BCUT2D eigenvalue weighted by Crippen LogP contribution is 2.31. The number of amides is 1. The van der Waals surface area contributed by atoms with E-state index < -0.39 is 11.9 Å². The van der Waals surface area contributed by atoms with Crippen LogP contribution in [-0.4, -0.2) is 16.8 Å². The lowest BCUT2D eigenvalue weighted by molar-refractivity contribution is -0.114. The van der Waals surface area contributed by atoms with Crippen LogP contribution in [0.4, 0.5) is 0 Å². The molecule has 0 aromatic heterocycles. The molecular weight excluding hydrogens is 272 g/mol. The number of thioether (sulfide) groups is 1. The highest BCUT2D eigenvalue weighted by Gasteiger charge is 2.27. The van der Waals surface area contributed by atoms with E-state index in [9.17, 15) is 4.79 Å². The summed E-state index contributed by atoms with van der Waals surface area (Å²) in [5, 5.41) is 12.3. The number of carbonyl (C=O) groups excluding carboxylic acids is 1. The fraction of sp³-hybridized carbons (Fsp3) is 0.214. The third kappa shape index (κ3) is 3.00. The molecule has 1 amide bonds. The van der Waals surface area contributed by atoms with Gasteiger partial charge in [-0.15, -0.1) is 0 Å². The van der Waals surface area contributed by atoms with Gasteiger partial charge in [-0.25, -0.2) is 4.99 Å². The topological polar surface area (TPSA) is 91.3 Å². The molecule has 0 fully saturated rings. The molecule has 0 unspecified atom stereocenters. The van der Waals surface area contributed by atoms with Crippen LogP contribution in [0.3, 0.4) is 0 Å². The van der Waals surface area contributed by atoms with E-state index >= 15 is 0 Å². The molecule has 1 aromatic carbocycles. The van der Waals surface area contributed by atoms with Gasteiger partial charge in [0, 0.05) is 5.70 Å². The zero-order chi connectivity index (χ0) is 14.5. The molecule has 1 heterocycles. The summed E-state index contributed by atoms with van der Waals surface area (Å²) in [5.41, 5.74) is 7.50. The van der Waals surface area contributed by atoms with Crippen LogP contribution in [0.5, 0.6) is 0 Å². The summed E-state index contributed by atoms with van der Waals surface area (Å²) < 4.78 is 0. The summed E-state index contributed by atoms with van der Waals surface area (Å²) in [7, 11) is 0. The molecule has 0 spiro atoms. The third-order valence-corrected chi connectivity index (χ3v) is 3.63. The first kappa shape index (κ1) is 14.2. The summed E-state index contributed by atoms with van der Waals surface area (Å²) in [6.07, 6.45) is 0. The first-order valence-corrected chi connectivity index (χ1v) is 7.02. The van der Waals surface area contributed by atoms with Gasteiger partial charge in [0.25, 0.3) is 0 Å². The molecule has 5 nitrogen and oxygen atoms in total. The Morgan fingerprint density at radius 1 is 1.50 bits per heavy atom. The van der Waals surface area contributed by atoms with Gasteiger partial charge in [0.2, 0.25) is 5.91 Å². The molecule has 0 bridgehead atoms. The van der Waals surface area contributed by atoms with Crippen LogP contribution in [0.1, 0.15) is 18.5 Å². The maximum absolute atomic E-state index is 11.7. The van der Waals surface area contributed by atoms with Crippen LogP contribution in [0.15, 0.2) is 46.6 Å². The van der Waals surface area contributed by atoms with Crippen molar-refractivity contribution in [3.05, 3.63) is 47.2 Å². The molecule has 102 valence electrons. The molecule has 0 saturated carbocycles. The number of rotatable bonds is 3. The molecular formula is C14H14N4OS. The predicted molar refractivity (Wildman–Crippen MR) is 79.7 cm³/mol. The largest absolute Gasteiger partial charge is 0.366 e. The van der Waals surface area contributed by atoms with Crippen molar-refractivity contribution < 1.29 is 4.79 Å². The molecule has 1 aromatic rings. The Morgan fingerprint density at radius 2 is 2.20 bits per heavy atom. The van der Waals surface area contributed by atoms with Gasteiger partial charge in [-0.3, -0.25) is 4.79 Å². The van der Waals surface area contributed by atoms with E-state index in [4.69, 9.17) is 11.0 Å². The van der Waals surface area contributed by atoms with E-state index in [-0.39, 0.29) is 0 Å². The standard InChI is InChI=1S/C14H14N4OS/c1-9-11(13(16)19)12(10-5-3-2-4-6-10)18-14(17-9)20-8-7-15/h2-6,12H,8H2,1H3,(H2,16,19)(H,17,18)/t12-/m0/s1. The van der Waals surface area contributed by atoms with Crippen molar-refractivity contribution in [2.75, 3.05) is 5.75 Å². The van der Waals surface area contributed by atoms with Crippen LogP contribution in [0.25, 0.3) is 0 Å². The van der Waals surface area contributed by atoms with Crippen molar-refractivity contribution in [3.63, 3.8) is 0 Å². The lowest BCUT2D eigenvalue weighted by Gasteiger charge is -2.24. The van der Waals surface area contributed by atoms with E-state index in [0.29, 0.717) is 22.2 Å². The lowest BCUT2D eigenvalue weighted by Crippen LogP contribution is -2.32. The molecule has 3 N–H and O–H groups in total. The van der Waals surface area contributed by atoms with Crippen molar-refractivity contribution in [1.82, 2.24) is 5.32 Å². The number of benzene rings is 1. The smallest absolute Gasteiger partial charge is 0.248 e. The van der Waals surface area contributed by atoms with Crippen molar-refractivity contribution in [2.45, 2.75) is 13.0 Å². The van der Waals surface area contributed by atoms with E-state index in [1.807, 2.05) is 30.3 Å². The molecule has 6 heteroatoms. The fourth-order valence-corrected chi connectivity index (χ4v) is 2.62. The fourth-order valence-electron chi connectivity index (χ4n) is 2.02. The summed E-state index contributed by atoms with van der Waals surface area (Å²) >= 11 is 1.30. The first-order chi connectivity index (χ1) is 9.63. The maximum atomic E-state index is 11.7. The van der Waals surface area contributed by atoms with Gasteiger partial charge in [0.15, 0.2) is 5.17 Å². The molecule has 1 atom stereocenters. The van der Waals surface area contributed by atoms with Gasteiger partial charge in [-0.05, 0) is 12.5 Å². The van der Waals surface area contributed by atoms with Crippen molar-refractivity contribution >= 4 is 22.8 Å². The van der Waals surface area contributed by atoms with Gasteiger partial charge < -0.3 is 11.1 Å². The number of aliphatic imine (C=N–C) groups is 1. The number of nitrogens with zero attached hydrogens (tertiary/aromatic N) is 2. The highest BCUT2D eigenvalue weighted by atomic mass is 32.2. The average Bonchev–Trinajstić information content (AvgIpc) is 2.45. The van der Waals surface area contributed by atoms with E-state index in [1.54, 1.807) is 6.92 Å². The maximum Gasteiger partial charge on any atom is 0.248 e. The highest BCUT2D eigenvalue weighted by molar-refractivity contribution is 8.14. The minimum Gasteiger partial charge on any atom is -0.366 e. The van der Waals surface area contributed by atoms with E-state index in [0.717, 1.165) is 5.56 Å². The number of nitriles is 1. The van der Waals surface area contributed by atoms with Crippen LogP contribution in [0, 0.1) is 11.3 Å². The second kappa shape index (κ2) is 6.26.